The number of hydrogen-bond acceptors (Lipinski definition) is 1. The quantitative estimate of drug-likeness (QED) is 0.761. The Bertz CT molecular complexity index is 506. The van der Waals surface area contributed by atoms with Crippen molar-refractivity contribution in [2.24, 2.45) is 0 Å². The van der Waals surface area contributed by atoms with E-state index in [-0.39, 0.29) is 38.5 Å². The van der Waals surface area contributed by atoms with Crippen LogP contribution in [0.15, 0.2) is 48.7 Å². The number of benzene rings is 1. The second-order valence-corrected chi connectivity index (χ2v) is 3.83. The summed E-state index contributed by atoms with van der Waals surface area (Å²) >= 11 is 0. The molecule has 2 rings (SSSR count). The molecule has 19 heavy (non-hydrogen) atoms. The molecule has 0 fully saturated rings. The zero-order chi connectivity index (χ0) is 13.1. The third-order valence-corrected chi connectivity index (χ3v) is 2.55. The van der Waals surface area contributed by atoms with Gasteiger partial charge in [-0.05, 0) is 17.8 Å². The predicted octanol–water partition coefficient (Wildman–Crippen LogP) is 3.62. The van der Waals surface area contributed by atoms with Crippen LogP contribution in [0.5, 0.6) is 0 Å². The zero-order valence-electron chi connectivity index (χ0n) is 10.1. The van der Waals surface area contributed by atoms with E-state index >= 15 is 0 Å². The molecule has 1 aliphatic heterocycles. The Kier molecular flexibility index (Phi) is 6.02. The largest absolute Gasteiger partial charge is 0.370 e. The van der Waals surface area contributed by atoms with E-state index in [1.807, 2.05) is 0 Å². The molecule has 0 aromatic heterocycles. The van der Waals surface area contributed by atoms with Gasteiger partial charge in [0.25, 0.3) is 6.43 Å². The van der Waals surface area contributed by atoms with Crippen molar-refractivity contribution in [3.05, 3.63) is 66.2 Å². The third kappa shape index (κ3) is 4.05. The van der Waals surface area contributed by atoms with Crippen LogP contribution in [0.25, 0.3) is 5.70 Å². The molecule has 1 radical (unpaired) electrons. The maximum absolute atomic E-state index is 12.8. The first-order valence-corrected chi connectivity index (χ1v) is 5.38. The third-order valence-electron chi connectivity index (χ3n) is 2.55. The Hall–Kier alpha value is -0.866. The minimum Gasteiger partial charge on any atom is -0.370 e. The summed E-state index contributed by atoms with van der Waals surface area (Å²) in [6.07, 6.45) is 3.63. The van der Waals surface area contributed by atoms with Crippen LogP contribution in [0, 0.1) is 11.9 Å². The number of alkyl halides is 2. The predicted molar refractivity (Wildman–Crippen MR) is 64.0 cm³/mol. The smallest absolute Gasteiger partial charge is 0.256 e. The van der Waals surface area contributed by atoms with Gasteiger partial charge in [-0.2, -0.15) is 12.2 Å². The normalized spacial score (nSPS) is 14.4. The number of hydrogen-bond donors (Lipinski definition) is 0. The van der Waals surface area contributed by atoms with Gasteiger partial charge in [0.15, 0.2) is 0 Å². The molecule has 0 saturated carbocycles. The minimum absolute atomic E-state index is 0. The molecule has 1 aliphatic rings. The SMILES string of the molecule is C=C1C=C[C-]=C(c2ccc(F)cc2)N1CC(F)F.[Y]. The molecule has 0 atom stereocenters. The summed E-state index contributed by atoms with van der Waals surface area (Å²) in [7, 11) is 0. The maximum Gasteiger partial charge on any atom is 0.256 e. The van der Waals surface area contributed by atoms with E-state index in [4.69, 9.17) is 0 Å². The molecule has 1 aromatic rings. The van der Waals surface area contributed by atoms with Gasteiger partial charge >= 0.3 is 0 Å². The molecular weight excluding hydrogens is 328 g/mol. The van der Waals surface area contributed by atoms with Crippen LogP contribution in [-0.2, 0) is 32.7 Å². The topological polar surface area (TPSA) is 3.24 Å². The van der Waals surface area contributed by atoms with Crippen LogP contribution in [0.4, 0.5) is 13.2 Å². The molecule has 5 heteroatoms. The van der Waals surface area contributed by atoms with Crippen molar-refractivity contribution in [1.29, 1.82) is 0 Å². The van der Waals surface area contributed by atoms with E-state index in [0.717, 1.165) is 0 Å². The van der Waals surface area contributed by atoms with Gasteiger partial charge in [-0.3, -0.25) is 0 Å². The van der Waals surface area contributed by atoms with Crippen molar-refractivity contribution in [2.75, 3.05) is 6.54 Å². The second kappa shape index (κ2) is 7.06. The fourth-order valence-electron chi connectivity index (χ4n) is 1.72. The first kappa shape index (κ1) is 16.2. The van der Waals surface area contributed by atoms with E-state index in [0.29, 0.717) is 17.0 Å². The van der Waals surface area contributed by atoms with Crippen molar-refractivity contribution < 1.29 is 45.9 Å². The number of allylic oxidation sites excluding steroid dienone is 3. The first-order chi connectivity index (χ1) is 8.58. The molecular formula is C14H11F3NY-. The number of rotatable bonds is 3. The summed E-state index contributed by atoms with van der Waals surface area (Å²) < 4.78 is 37.9. The summed E-state index contributed by atoms with van der Waals surface area (Å²) in [5.41, 5.74) is 1.57. The number of nitrogens with zero attached hydrogens (tertiary/aromatic N) is 1. The van der Waals surface area contributed by atoms with Gasteiger partial charge < -0.3 is 4.90 Å². The van der Waals surface area contributed by atoms with Crippen LogP contribution in [0.2, 0.25) is 0 Å². The van der Waals surface area contributed by atoms with E-state index in [1.165, 1.54) is 29.2 Å². The Labute approximate surface area is 135 Å². The van der Waals surface area contributed by atoms with Crippen LogP contribution < -0.4 is 0 Å². The minimum atomic E-state index is -2.48. The van der Waals surface area contributed by atoms with Crippen molar-refractivity contribution in [3.63, 3.8) is 0 Å². The van der Waals surface area contributed by atoms with Crippen LogP contribution in [-0.4, -0.2) is 17.9 Å². The van der Waals surface area contributed by atoms with Gasteiger partial charge in [-0.15, -0.1) is 18.2 Å². The van der Waals surface area contributed by atoms with Gasteiger partial charge in [0.05, 0.1) is 6.54 Å². The average Bonchev–Trinajstić information content (AvgIpc) is 2.32. The molecule has 1 heterocycles. The Morgan fingerprint density at radius 2 is 1.84 bits per heavy atom. The fourth-order valence-corrected chi connectivity index (χ4v) is 1.72. The Balaban J connectivity index is 0.00000180. The molecule has 0 saturated heterocycles. The van der Waals surface area contributed by atoms with Gasteiger partial charge in [0.1, 0.15) is 5.82 Å². The summed E-state index contributed by atoms with van der Waals surface area (Å²) in [5.74, 6) is -0.370. The Morgan fingerprint density at radius 1 is 1.21 bits per heavy atom. The summed E-state index contributed by atoms with van der Waals surface area (Å²) in [6, 6.07) is 5.63. The zero-order valence-corrected chi connectivity index (χ0v) is 13.0. The van der Waals surface area contributed by atoms with Gasteiger partial charge in [0.2, 0.25) is 0 Å². The van der Waals surface area contributed by atoms with Crippen molar-refractivity contribution >= 4 is 5.70 Å². The van der Waals surface area contributed by atoms with Crippen LogP contribution in [0.1, 0.15) is 5.56 Å². The summed E-state index contributed by atoms with van der Waals surface area (Å²) in [6.45, 7) is 3.26. The molecule has 0 aliphatic carbocycles. The first-order valence-electron chi connectivity index (χ1n) is 5.38. The summed E-state index contributed by atoms with van der Waals surface area (Å²) in [4.78, 5) is 1.37. The number of halogens is 3. The second-order valence-electron chi connectivity index (χ2n) is 3.83. The molecule has 1 nitrogen and oxygen atoms in total. The maximum atomic E-state index is 12.8. The van der Waals surface area contributed by atoms with E-state index < -0.39 is 13.0 Å². The van der Waals surface area contributed by atoms with Gasteiger partial charge in [0, 0.05) is 32.7 Å². The van der Waals surface area contributed by atoms with Crippen LogP contribution >= 0.6 is 0 Å². The van der Waals surface area contributed by atoms with E-state index in [1.54, 1.807) is 12.2 Å². The fraction of sp³-hybridized carbons (Fsp3) is 0.143. The summed E-state index contributed by atoms with van der Waals surface area (Å²) in [5, 5.41) is 0. The molecule has 1 aromatic carbocycles. The van der Waals surface area contributed by atoms with E-state index in [2.05, 4.69) is 12.7 Å². The molecule has 0 spiro atoms. The van der Waals surface area contributed by atoms with Crippen molar-refractivity contribution in [1.82, 2.24) is 4.90 Å². The average molecular weight is 339 g/mol. The standard InChI is InChI=1S/C14H11F3N.Y/c1-10-3-2-4-13(18(10)9-14(16)17)11-5-7-12(15)8-6-11;/h2-3,5-8,14H,1,9H2;/q-1;. The van der Waals surface area contributed by atoms with E-state index in [9.17, 15) is 13.2 Å². The van der Waals surface area contributed by atoms with Crippen molar-refractivity contribution in [3.8, 4) is 0 Å². The molecule has 0 unspecified atom stereocenters. The monoisotopic (exact) mass is 339 g/mol. The molecule has 0 amide bonds. The van der Waals surface area contributed by atoms with Gasteiger partial charge in [-0.1, -0.05) is 17.8 Å². The molecule has 97 valence electrons. The van der Waals surface area contributed by atoms with Gasteiger partial charge in [-0.25, -0.2) is 13.2 Å². The Morgan fingerprint density at radius 3 is 2.42 bits per heavy atom. The van der Waals surface area contributed by atoms with Crippen LogP contribution in [0.3, 0.4) is 0 Å². The molecule has 0 N–H and O–H groups in total. The van der Waals surface area contributed by atoms with Crippen molar-refractivity contribution in [2.45, 2.75) is 6.43 Å². The molecule has 0 bridgehead atoms.